The molecular formula is C23H27BrN6O4S. The summed E-state index contributed by atoms with van der Waals surface area (Å²) in [7, 11) is 0. The van der Waals surface area contributed by atoms with Gasteiger partial charge in [-0.3, -0.25) is 10.2 Å². The van der Waals surface area contributed by atoms with Gasteiger partial charge in [0.2, 0.25) is 0 Å². The fourth-order valence-electron chi connectivity index (χ4n) is 4.43. The maximum absolute atomic E-state index is 12.0. The van der Waals surface area contributed by atoms with Crippen molar-refractivity contribution in [1.82, 2.24) is 24.4 Å². The summed E-state index contributed by atoms with van der Waals surface area (Å²) in [6, 6.07) is 3.83. The Balaban J connectivity index is 1.29. The molecule has 3 N–H and O–H groups in total. The molecule has 1 atom stereocenters. The average molecular weight is 563 g/mol. The molecule has 12 heteroatoms. The second-order valence-corrected chi connectivity index (χ2v) is 10.7. The number of aliphatic hydroxyl groups is 1. The van der Waals surface area contributed by atoms with E-state index in [9.17, 15) is 9.90 Å². The predicted molar refractivity (Wildman–Crippen MR) is 133 cm³/mol. The van der Waals surface area contributed by atoms with Crippen LogP contribution in [0.2, 0.25) is 0 Å². The van der Waals surface area contributed by atoms with Crippen LogP contribution in [-0.2, 0) is 11.3 Å². The van der Waals surface area contributed by atoms with Crippen LogP contribution in [0.5, 0.6) is 11.5 Å². The first kappa shape index (κ1) is 24.1. The van der Waals surface area contributed by atoms with E-state index in [0.29, 0.717) is 60.0 Å². The van der Waals surface area contributed by atoms with Gasteiger partial charge in [-0.05, 0) is 60.2 Å². The molecule has 35 heavy (non-hydrogen) atoms. The van der Waals surface area contributed by atoms with Crippen molar-refractivity contribution in [2.45, 2.75) is 48.9 Å². The Hall–Kier alpha value is -2.57. The lowest BCUT2D eigenvalue weighted by Gasteiger charge is -2.32. The second kappa shape index (κ2) is 10.2. The van der Waals surface area contributed by atoms with E-state index >= 15 is 0 Å². The minimum Gasteiger partial charge on any atom is -0.486 e. The number of imidazole rings is 1. The number of carbonyl (C=O) groups excluding carboxylic acids is 1. The first-order chi connectivity index (χ1) is 16.9. The predicted octanol–water partition coefficient (Wildman–Crippen LogP) is 2.93. The lowest BCUT2D eigenvalue weighted by Crippen LogP contribution is -2.43. The summed E-state index contributed by atoms with van der Waals surface area (Å²) in [6.45, 7) is 4.64. The topological polar surface area (TPSA) is 129 Å². The molecule has 1 unspecified atom stereocenters. The number of piperidine rings is 1. The fourth-order valence-corrected chi connectivity index (χ4v) is 5.81. The highest BCUT2D eigenvalue weighted by Crippen LogP contribution is 2.41. The van der Waals surface area contributed by atoms with Gasteiger partial charge < -0.3 is 29.0 Å². The van der Waals surface area contributed by atoms with Crippen molar-refractivity contribution in [2.75, 3.05) is 26.3 Å². The van der Waals surface area contributed by atoms with E-state index in [4.69, 9.17) is 19.9 Å². The molecule has 2 aliphatic rings. The Morgan fingerprint density at radius 1 is 1.31 bits per heavy atom. The van der Waals surface area contributed by atoms with E-state index < -0.39 is 6.10 Å². The number of aryl methyl sites for hydroxylation is 1. The monoisotopic (exact) mass is 562 g/mol. The van der Waals surface area contributed by atoms with Gasteiger partial charge in [-0.1, -0.05) is 11.8 Å². The molecule has 4 heterocycles. The third-order valence-electron chi connectivity index (χ3n) is 6.36. The molecule has 0 aliphatic carbocycles. The number of aromatic nitrogens is 4. The summed E-state index contributed by atoms with van der Waals surface area (Å²) in [4.78, 5) is 26.9. The number of carbonyl (C=O) groups is 1. The number of H-pyrrole nitrogens is 1. The van der Waals surface area contributed by atoms with Crippen molar-refractivity contribution in [1.29, 1.82) is 5.41 Å². The maximum Gasteiger partial charge on any atom is 0.251 e. The van der Waals surface area contributed by atoms with Crippen molar-refractivity contribution >= 4 is 44.8 Å². The second-order valence-electron chi connectivity index (χ2n) is 8.79. The van der Waals surface area contributed by atoms with Gasteiger partial charge >= 0.3 is 0 Å². The number of hydrogen-bond donors (Lipinski definition) is 3. The van der Waals surface area contributed by atoms with Crippen LogP contribution in [0.4, 0.5) is 0 Å². The van der Waals surface area contributed by atoms with Gasteiger partial charge in [0.1, 0.15) is 24.8 Å². The van der Waals surface area contributed by atoms with Crippen LogP contribution in [0.15, 0.2) is 33.0 Å². The molecule has 1 fully saturated rings. The molecule has 10 nitrogen and oxygen atoms in total. The number of ether oxygens (including phenoxy) is 2. The van der Waals surface area contributed by atoms with E-state index in [2.05, 4.69) is 25.9 Å². The quantitative estimate of drug-likeness (QED) is 0.421. The van der Waals surface area contributed by atoms with Crippen molar-refractivity contribution in [3.05, 3.63) is 28.4 Å². The zero-order chi connectivity index (χ0) is 24.5. The molecule has 2 aromatic heterocycles. The number of benzene rings is 1. The first-order valence-electron chi connectivity index (χ1n) is 11.6. The van der Waals surface area contributed by atoms with Crippen LogP contribution >= 0.6 is 27.7 Å². The van der Waals surface area contributed by atoms with Gasteiger partial charge in [-0.15, -0.1) is 0 Å². The zero-order valence-corrected chi connectivity index (χ0v) is 21.7. The standard InChI is InChI=1S/C23H27BrN6O4S/c1-13(31)22(32)29-5-2-14(3-6-29)4-7-30-12-26-20(25)19-21(30)28-23(27-19)35-18-11-17-16(10-15(18)24)33-8-9-34-17/h10-14,25,31H,2-9H2,1H3,(H,27,28). The van der Waals surface area contributed by atoms with Crippen LogP contribution < -0.4 is 15.0 Å². The number of likely N-dealkylation sites (tertiary alicyclic amines) is 1. The average Bonchev–Trinajstić information content (AvgIpc) is 3.29. The Bertz CT molecular complexity index is 1300. The maximum atomic E-state index is 12.0. The van der Waals surface area contributed by atoms with Crippen molar-refractivity contribution < 1.29 is 19.4 Å². The normalized spacial score (nSPS) is 17.1. The lowest BCUT2D eigenvalue weighted by molar-refractivity contribution is -0.140. The summed E-state index contributed by atoms with van der Waals surface area (Å²) in [6.07, 6.45) is 3.47. The van der Waals surface area contributed by atoms with E-state index in [-0.39, 0.29) is 11.4 Å². The number of nitrogens with zero attached hydrogens (tertiary/aromatic N) is 4. The molecule has 186 valence electrons. The van der Waals surface area contributed by atoms with Crippen molar-refractivity contribution in [3.63, 3.8) is 0 Å². The number of halogens is 1. The minimum atomic E-state index is -0.945. The van der Waals surface area contributed by atoms with Gasteiger partial charge in [0.15, 0.2) is 27.8 Å². The largest absolute Gasteiger partial charge is 0.486 e. The summed E-state index contributed by atoms with van der Waals surface area (Å²) >= 11 is 5.05. The Labute approximate surface area is 214 Å². The molecule has 0 saturated carbocycles. The van der Waals surface area contributed by atoms with E-state index in [1.807, 2.05) is 16.7 Å². The molecular weight excluding hydrogens is 536 g/mol. The Kier molecular flexibility index (Phi) is 7.03. The lowest BCUT2D eigenvalue weighted by atomic mass is 9.93. The number of fused-ring (bicyclic) bond motifs is 2. The summed E-state index contributed by atoms with van der Waals surface area (Å²) in [5, 5.41) is 18.4. The van der Waals surface area contributed by atoms with Crippen molar-refractivity contribution in [2.24, 2.45) is 5.92 Å². The molecule has 1 saturated heterocycles. The molecule has 1 aromatic carbocycles. The highest BCUT2D eigenvalue weighted by Gasteiger charge is 2.25. The van der Waals surface area contributed by atoms with Crippen LogP contribution in [0.1, 0.15) is 26.2 Å². The summed E-state index contributed by atoms with van der Waals surface area (Å²) < 4.78 is 14.2. The molecule has 0 bridgehead atoms. The van der Waals surface area contributed by atoms with E-state index in [1.165, 1.54) is 18.7 Å². The molecule has 2 aliphatic heterocycles. The minimum absolute atomic E-state index is 0.154. The zero-order valence-electron chi connectivity index (χ0n) is 19.3. The summed E-state index contributed by atoms with van der Waals surface area (Å²) in [5.41, 5.74) is 1.45. The fraction of sp³-hybridized carbons (Fsp3) is 0.478. The number of hydrogen-bond acceptors (Lipinski definition) is 8. The molecule has 0 radical (unpaired) electrons. The van der Waals surface area contributed by atoms with Gasteiger partial charge in [-0.2, -0.15) is 0 Å². The van der Waals surface area contributed by atoms with Crippen LogP contribution in [0.25, 0.3) is 11.2 Å². The smallest absolute Gasteiger partial charge is 0.251 e. The Morgan fingerprint density at radius 2 is 2.03 bits per heavy atom. The number of rotatable bonds is 6. The third kappa shape index (κ3) is 5.19. The van der Waals surface area contributed by atoms with Gasteiger partial charge in [0, 0.05) is 29.0 Å². The highest BCUT2D eigenvalue weighted by atomic mass is 79.9. The number of nitrogens with one attached hydrogen (secondary N) is 2. The van der Waals surface area contributed by atoms with Crippen molar-refractivity contribution in [3.8, 4) is 11.5 Å². The number of aliphatic hydroxyl groups excluding tert-OH is 1. The number of amides is 1. The van der Waals surface area contributed by atoms with Gasteiger partial charge in [-0.25, -0.2) is 9.97 Å². The molecule has 0 spiro atoms. The van der Waals surface area contributed by atoms with Gasteiger partial charge in [0.05, 0.1) is 6.33 Å². The van der Waals surface area contributed by atoms with Crippen LogP contribution in [-0.4, -0.2) is 67.8 Å². The van der Waals surface area contributed by atoms with E-state index in [1.54, 1.807) is 11.2 Å². The Morgan fingerprint density at radius 3 is 2.74 bits per heavy atom. The first-order valence-corrected chi connectivity index (χ1v) is 13.2. The van der Waals surface area contributed by atoms with Gasteiger partial charge in [0.25, 0.3) is 5.91 Å². The van der Waals surface area contributed by atoms with E-state index in [0.717, 1.165) is 35.2 Å². The van der Waals surface area contributed by atoms with Crippen LogP contribution in [0.3, 0.4) is 0 Å². The molecule has 1 amide bonds. The third-order valence-corrected chi connectivity index (χ3v) is 8.23. The SMILES string of the molecule is CC(O)C(=O)N1CCC(CCn2cnc(=N)c3[nH]c(Sc4cc5c(cc4Br)OCCO5)nc32)CC1. The van der Waals surface area contributed by atoms with Crippen LogP contribution in [0, 0.1) is 11.3 Å². The molecule has 5 rings (SSSR count). The highest BCUT2D eigenvalue weighted by molar-refractivity contribution is 9.10. The summed E-state index contributed by atoms with van der Waals surface area (Å²) in [5.74, 6) is 1.71. The molecule has 3 aromatic rings. The number of aromatic amines is 1.